The summed E-state index contributed by atoms with van der Waals surface area (Å²) < 4.78 is 35.9. The van der Waals surface area contributed by atoms with Crippen LogP contribution in [-0.2, 0) is 16.4 Å². The van der Waals surface area contributed by atoms with Crippen LogP contribution in [0, 0.1) is 20.8 Å². The van der Waals surface area contributed by atoms with Crippen molar-refractivity contribution >= 4 is 15.9 Å². The number of fused-ring (bicyclic) bond motifs is 1. The fraction of sp³-hybridized carbons (Fsp3) is 0.609. The maximum absolute atomic E-state index is 13.4. The van der Waals surface area contributed by atoms with E-state index >= 15 is 0 Å². The third kappa shape index (κ3) is 4.52. The van der Waals surface area contributed by atoms with Gasteiger partial charge in [0.05, 0.1) is 10.9 Å². The highest BCUT2D eigenvalue weighted by Gasteiger charge is 2.33. The van der Waals surface area contributed by atoms with Crippen LogP contribution in [0.3, 0.4) is 0 Å². The van der Waals surface area contributed by atoms with E-state index in [1.807, 2.05) is 20.8 Å². The highest BCUT2D eigenvalue weighted by atomic mass is 32.2. The zero-order chi connectivity index (χ0) is 21.4. The van der Waals surface area contributed by atoms with Crippen LogP contribution >= 0.6 is 0 Å². The zero-order valence-corrected chi connectivity index (χ0v) is 19.2. The number of nitrogens with one attached hydrogen (secondary N) is 1. The molecule has 2 aliphatic rings. The second-order valence-electron chi connectivity index (χ2n) is 8.97. The molecule has 0 saturated heterocycles. The number of hydrogen-bond donors (Lipinski definition) is 1. The van der Waals surface area contributed by atoms with E-state index in [9.17, 15) is 8.42 Å². The Kier molecular flexibility index (Phi) is 6.13. The molecular weight excluding hydrogens is 384 g/mol. The van der Waals surface area contributed by atoms with Crippen LogP contribution in [0.2, 0.25) is 0 Å². The van der Waals surface area contributed by atoms with Gasteiger partial charge in [-0.05, 0) is 95.4 Å². The van der Waals surface area contributed by atoms with E-state index in [4.69, 9.17) is 4.74 Å². The van der Waals surface area contributed by atoms with Crippen LogP contribution in [0.15, 0.2) is 22.5 Å². The van der Waals surface area contributed by atoms with Gasteiger partial charge in [-0.2, -0.15) is 0 Å². The summed E-state index contributed by atoms with van der Waals surface area (Å²) >= 11 is 0. The summed E-state index contributed by atoms with van der Waals surface area (Å²) in [5.41, 5.74) is 3.22. The summed E-state index contributed by atoms with van der Waals surface area (Å²) in [4.78, 5) is 5.04. The van der Waals surface area contributed by atoms with E-state index in [1.165, 1.54) is 0 Å². The molecule has 1 aromatic rings. The molecule has 0 aromatic heterocycles. The molecule has 0 unspecified atom stereocenters. The van der Waals surface area contributed by atoms with Crippen molar-refractivity contribution in [1.29, 1.82) is 0 Å². The van der Waals surface area contributed by atoms with Crippen molar-refractivity contribution in [2.24, 2.45) is 4.99 Å². The molecule has 0 amide bonds. The first kappa shape index (κ1) is 21.9. The van der Waals surface area contributed by atoms with Crippen LogP contribution < -0.4 is 9.46 Å². The maximum atomic E-state index is 13.4. The van der Waals surface area contributed by atoms with Crippen molar-refractivity contribution in [3.63, 3.8) is 0 Å². The maximum Gasteiger partial charge on any atom is 0.263 e. The second-order valence-corrected chi connectivity index (χ2v) is 10.6. The lowest BCUT2D eigenvalue weighted by molar-refractivity contribution is 0.0832. The molecular formula is C23H34N2O3S. The second kappa shape index (κ2) is 8.13. The van der Waals surface area contributed by atoms with Gasteiger partial charge in [0.2, 0.25) is 0 Å². The average molecular weight is 419 g/mol. The Morgan fingerprint density at radius 2 is 1.93 bits per heavy atom. The van der Waals surface area contributed by atoms with Crippen molar-refractivity contribution in [3.05, 3.63) is 34.9 Å². The van der Waals surface area contributed by atoms with Crippen LogP contribution in [0.1, 0.15) is 74.6 Å². The number of amidine groups is 1. The number of nitrogens with zero attached hydrogens (tertiary/aromatic N) is 1. The number of aliphatic imine (C=N–C) groups is 1. The van der Waals surface area contributed by atoms with Crippen molar-refractivity contribution in [2.75, 3.05) is 0 Å². The van der Waals surface area contributed by atoms with E-state index in [1.54, 1.807) is 6.08 Å². The van der Waals surface area contributed by atoms with Crippen molar-refractivity contribution in [3.8, 4) is 5.75 Å². The summed E-state index contributed by atoms with van der Waals surface area (Å²) in [6.07, 6.45) is 7.94. The number of hydrogen-bond acceptors (Lipinski definition) is 4. The van der Waals surface area contributed by atoms with Gasteiger partial charge in [-0.3, -0.25) is 9.71 Å². The predicted octanol–water partition coefficient (Wildman–Crippen LogP) is 4.91. The molecule has 1 aliphatic carbocycles. The smallest absolute Gasteiger partial charge is 0.263 e. The summed E-state index contributed by atoms with van der Waals surface area (Å²) in [5, 5.41) is 0. The highest BCUT2D eigenvalue weighted by Crippen LogP contribution is 2.42. The fourth-order valence-electron chi connectivity index (χ4n) is 4.07. The molecule has 1 aliphatic heterocycles. The number of sulfonamides is 1. The molecule has 6 heteroatoms. The van der Waals surface area contributed by atoms with Crippen LogP contribution in [0.25, 0.3) is 0 Å². The molecule has 1 heterocycles. The summed E-state index contributed by atoms with van der Waals surface area (Å²) in [6, 6.07) is 0.237. The number of ether oxygens (including phenoxy) is 1. The van der Waals surface area contributed by atoms with Crippen LogP contribution in [0.5, 0.6) is 5.75 Å². The topological polar surface area (TPSA) is 67.8 Å². The molecule has 29 heavy (non-hydrogen) atoms. The Morgan fingerprint density at radius 3 is 2.52 bits per heavy atom. The van der Waals surface area contributed by atoms with Gasteiger partial charge in [0.1, 0.15) is 17.2 Å². The molecule has 1 saturated carbocycles. The first-order valence-corrected chi connectivity index (χ1v) is 12.1. The van der Waals surface area contributed by atoms with Gasteiger partial charge in [0.15, 0.2) is 0 Å². The normalized spacial score (nSPS) is 19.1. The first-order chi connectivity index (χ1) is 13.6. The fourth-order valence-corrected chi connectivity index (χ4v) is 5.72. The minimum Gasteiger partial charge on any atom is -0.487 e. The predicted molar refractivity (Wildman–Crippen MR) is 119 cm³/mol. The third-order valence-electron chi connectivity index (χ3n) is 6.19. The van der Waals surface area contributed by atoms with E-state index in [2.05, 4.69) is 30.1 Å². The van der Waals surface area contributed by atoms with Crippen LogP contribution in [-0.4, -0.2) is 25.9 Å². The Morgan fingerprint density at radius 1 is 1.24 bits per heavy atom. The van der Waals surface area contributed by atoms with Gasteiger partial charge in [-0.1, -0.05) is 6.08 Å². The number of rotatable bonds is 6. The largest absolute Gasteiger partial charge is 0.487 e. The molecule has 1 aromatic carbocycles. The SMILES string of the molecule is C=CCCC(=NC1CCC1)NS(=O)(=O)c1c(C)c(C)c2c(c1C)CCC(C)(C)O2. The Hall–Kier alpha value is -1.82. The van der Waals surface area contributed by atoms with Gasteiger partial charge in [0, 0.05) is 6.42 Å². The summed E-state index contributed by atoms with van der Waals surface area (Å²) in [7, 11) is -3.74. The van der Waals surface area contributed by atoms with Crippen molar-refractivity contribution < 1.29 is 13.2 Å². The van der Waals surface area contributed by atoms with Crippen LogP contribution in [0.4, 0.5) is 0 Å². The van der Waals surface area contributed by atoms with Crippen molar-refractivity contribution in [2.45, 2.75) is 96.1 Å². The molecule has 0 atom stereocenters. The molecule has 3 rings (SSSR count). The van der Waals surface area contributed by atoms with Gasteiger partial charge < -0.3 is 4.74 Å². The first-order valence-electron chi connectivity index (χ1n) is 10.6. The lowest BCUT2D eigenvalue weighted by Gasteiger charge is -2.35. The van der Waals surface area contributed by atoms with Gasteiger partial charge >= 0.3 is 0 Å². The van der Waals surface area contributed by atoms with Gasteiger partial charge in [-0.25, -0.2) is 8.42 Å². The highest BCUT2D eigenvalue weighted by molar-refractivity contribution is 7.90. The molecule has 5 nitrogen and oxygen atoms in total. The zero-order valence-electron chi connectivity index (χ0n) is 18.4. The summed E-state index contributed by atoms with van der Waals surface area (Å²) in [6.45, 7) is 13.6. The molecule has 0 spiro atoms. The lowest BCUT2D eigenvalue weighted by atomic mass is 9.88. The summed E-state index contributed by atoms with van der Waals surface area (Å²) in [5.74, 6) is 1.39. The lowest BCUT2D eigenvalue weighted by Crippen LogP contribution is -2.36. The van der Waals surface area contributed by atoms with Gasteiger partial charge in [-0.15, -0.1) is 6.58 Å². The molecule has 0 radical (unpaired) electrons. The minimum absolute atomic E-state index is 0.234. The molecule has 0 bridgehead atoms. The monoisotopic (exact) mass is 418 g/mol. The minimum atomic E-state index is -3.74. The van der Waals surface area contributed by atoms with E-state index in [-0.39, 0.29) is 11.6 Å². The van der Waals surface area contributed by atoms with E-state index in [0.29, 0.717) is 23.6 Å². The van der Waals surface area contributed by atoms with E-state index < -0.39 is 10.0 Å². The number of benzene rings is 1. The quantitative estimate of drug-likeness (QED) is 0.405. The van der Waals surface area contributed by atoms with E-state index in [0.717, 1.165) is 60.1 Å². The Bertz CT molecular complexity index is 942. The standard InChI is InChI=1S/C23H34N2O3S/c1-7-8-12-20(24-18-10-9-11-18)25-29(26,27)22-16(3)15(2)21-19(17(22)4)13-14-23(5,6)28-21/h7,18H,1,8-14H2,2-6H3,(H,24,25). The third-order valence-corrected chi connectivity index (χ3v) is 7.84. The number of allylic oxidation sites excluding steroid dienone is 1. The molecule has 1 N–H and O–H groups in total. The van der Waals surface area contributed by atoms with Gasteiger partial charge in [0.25, 0.3) is 10.0 Å². The van der Waals surface area contributed by atoms with Crippen molar-refractivity contribution in [1.82, 2.24) is 4.72 Å². The molecule has 160 valence electrons. The Labute approximate surface area is 175 Å². The Balaban J connectivity index is 2.01. The molecule has 1 fully saturated rings. The average Bonchev–Trinajstić information content (AvgIpc) is 2.59.